The quantitative estimate of drug-likeness (QED) is 0.841. The maximum atomic E-state index is 12.5. The molecule has 0 radical (unpaired) electrons. The lowest BCUT2D eigenvalue weighted by Gasteiger charge is -2.35. The number of carbonyl (C=O) groups is 1. The van der Waals surface area contributed by atoms with Gasteiger partial charge in [-0.15, -0.1) is 0 Å². The monoisotopic (exact) mass is 290 g/mol. The van der Waals surface area contributed by atoms with Crippen molar-refractivity contribution in [3.63, 3.8) is 0 Å². The Morgan fingerprint density at radius 1 is 1.43 bits per heavy atom. The van der Waals surface area contributed by atoms with Crippen molar-refractivity contribution in [3.8, 4) is 0 Å². The summed E-state index contributed by atoms with van der Waals surface area (Å²) in [4.78, 5) is 18.7. The van der Waals surface area contributed by atoms with Crippen LogP contribution in [0.3, 0.4) is 0 Å². The van der Waals surface area contributed by atoms with Crippen LogP contribution >= 0.6 is 0 Å². The molecule has 1 aromatic rings. The van der Waals surface area contributed by atoms with Crippen molar-refractivity contribution in [1.29, 1.82) is 0 Å². The molecule has 2 saturated heterocycles. The zero-order valence-electron chi connectivity index (χ0n) is 12.4. The second-order valence-corrected chi connectivity index (χ2v) is 5.77. The number of amides is 1. The molecule has 0 aliphatic carbocycles. The molecule has 114 valence electrons. The van der Waals surface area contributed by atoms with Crippen LogP contribution in [0, 0.1) is 0 Å². The van der Waals surface area contributed by atoms with Gasteiger partial charge in [-0.05, 0) is 31.4 Å². The summed E-state index contributed by atoms with van der Waals surface area (Å²) >= 11 is 0. The fourth-order valence-corrected chi connectivity index (χ4v) is 3.37. The maximum absolute atomic E-state index is 12.5. The van der Waals surface area contributed by atoms with E-state index in [-0.39, 0.29) is 24.2 Å². The minimum atomic E-state index is 0.162. The topological polar surface area (TPSA) is 51.7 Å². The van der Waals surface area contributed by atoms with Gasteiger partial charge < -0.3 is 14.4 Å². The zero-order valence-corrected chi connectivity index (χ0v) is 12.4. The zero-order chi connectivity index (χ0) is 14.7. The largest absolute Gasteiger partial charge is 0.382 e. The van der Waals surface area contributed by atoms with Crippen LogP contribution in [0.15, 0.2) is 24.4 Å². The van der Waals surface area contributed by atoms with E-state index in [2.05, 4.69) is 4.98 Å². The highest BCUT2D eigenvalue weighted by molar-refractivity contribution is 5.79. The highest BCUT2D eigenvalue weighted by Crippen LogP contribution is 2.31. The van der Waals surface area contributed by atoms with Crippen LogP contribution in [0.1, 0.15) is 25.0 Å². The van der Waals surface area contributed by atoms with Crippen molar-refractivity contribution in [2.24, 2.45) is 0 Å². The standard InChI is InChI=1S/C16H22N2O3/c1-20-11-13-5-6-14-15(21-13)7-9-18(14)16(19)10-12-4-2-3-8-17-12/h2-4,8,13-15H,5-7,9-11H2,1H3/t13-,14+,15?/m0/s1. The Balaban J connectivity index is 1.59. The first-order valence-electron chi connectivity index (χ1n) is 7.61. The molecule has 5 nitrogen and oxygen atoms in total. The van der Waals surface area contributed by atoms with Gasteiger partial charge in [-0.1, -0.05) is 6.07 Å². The van der Waals surface area contributed by atoms with Crippen LogP contribution in [0.2, 0.25) is 0 Å². The van der Waals surface area contributed by atoms with E-state index in [0.717, 1.165) is 31.5 Å². The number of ether oxygens (including phenoxy) is 2. The van der Waals surface area contributed by atoms with E-state index < -0.39 is 0 Å². The summed E-state index contributed by atoms with van der Waals surface area (Å²) in [6.45, 7) is 1.44. The van der Waals surface area contributed by atoms with E-state index in [1.165, 1.54) is 0 Å². The van der Waals surface area contributed by atoms with Gasteiger partial charge in [0.05, 0.1) is 31.3 Å². The lowest BCUT2D eigenvalue weighted by Crippen LogP contribution is -2.46. The number of pyridine rings is 1. The first-order valence-corrected chi connectivity index (χ1v) is 7.61. The average Bonchev–Trinajstić information content (AvgIpc) is 2.92. The molecule has 3 rings (SSSR count). The highest BCUT2D eigenvalue weighted by Gasteiger charge is 2.41. The fraction of sp³-hybridized carbons (Fsp3) is 0.625. The molecule has 2 aliphatic rings. The highest BCUT2D eigenvalue weighted by atomic mass is 16.5. The summed E-state index contributed by atoms with van der Waals surface area (Å²) in [5.41, 5.74) is 0.833. The first-order chi connectivity index (χ1) is 10.3. The van der Waals surface area contributed by atoms with Crippen LogP contribution in [0.25, 0.3) is 0 Å². The SMILES string of the molecule is COC[C@@H]1CC[C@@H]2C(CCN2C(=O)Cc2ccccn2)O1. The van der Waals surface area contributed by atoms with E-state index in [9.17, 15) is 4.79 Å². The molecule has 1 amide bonds. The Morgan fingerprint density at radius 3 is 3.10 bits per heavy atom. The second kappa shape index (κ2) is 6.54. The Labute approximate surface area is 125 Å². The number of rotatable bonds is 4. The third kappa shape index (κ3) is 3.24. The summed E-state index contributed by atoms with van der Waals surface area (Å²) in [7, 11) is 1.70. The van der Waals surface area contributed by atoms with E-state index >= 15 is 0 Å². The van der Waals surface area contributed by atoms with Crippen molar-refractivity contribution < 1.29 is 14.3 Å². The van der Waals surface area contributed by atoms with Crippen molar-refractivity contribution >= 4 is 5.91 Å². The number of methoxy groups -OCH3 is 1. The molecule has 5 heteroatoms. The molecule has 1 unspecified atom stereocenters. The number of carbonyl (C=O) groups excluding carboxylic acids is 1. The van der Waals surface area contributed by atoms with Crippen molar-refractivity contribution in [2.45, 2.75) is 43.9 Å². The molecule has 2 aliphatic heterocycles. The first kappa shape index (κ1) is 14.5. The third-order valence-electron chi connectivity index (χ3n) is 4.37. The van der Waals surface area contributed by atoms with Gasteiger partial charge in [-0.25, -0.2) is 0 Å². The smallest absolute Gasteiger partial charge is 0.228 e. The molecule has 3 atom stereocenters. The summed E-state index contributed by atoms with van der Waals surface area (Å²) in [5, 5.41) is 0. The molecule has 3 heterocycles. The molecule has 0 aromatic carbocycles. The van der Waals surface area contributed by atoms with Crippen molar-refractivity contribution in [2.75, 3.05) is 20.3 Å². The lowest BCUT2D eigenvalue weighted by molar-refractivity contribution is -0.137. The normalized spacial score (nSPS) is 28.4. The van der Waals surface area contributed by atoms with Gasteiger partial charge in [-0.3, -0.25) is 9.78 Å². The van der Waals surface area contributed by atoms with Crippen LogP contribution in [0.5, 0.6) is 0 Å². The molecule has 0 saturated carbocycles. The van der Waals surface area contributed by atoms with Crippen molar-refractivity contribution in [3.05, 3.63) is 30.1 Å². The van der Waals surface area contributed by atoms with Gasteiger partial charge in [0.25, 0.3) is 0 Å². The fourth-order valence-electron chi connectivity index (χ4n) is 3.37. The van der Waals surface area contributed by atoms with Crippen molar-refractivity contribution in [1.82, 2.24) is 9.88 Å². The van der Waals surface area contributed by atoms with Gasteiger partial charge in [0.15, 0.2) is 0 Å². The van der Waals surface area contributed by atoms with E-state index in [1.54, 1.807) is 13.3 Å². The maximum Gasteiger partial charge on any atom is 0.228 e. The molecule has 21 heavy (non-hydrogen) atoms. The predicted octanol–water partition coefficient (Wildman–Crippen LogP) is 1.42. The molecule has 2 fully saturated rings. The predicted molar refractivity (Wildman–Crippen MR) is 77.8 cm³/mol. The number of hydrogen-bond acceptors (Lipinski definition) is 4. The van der Waals surface area contributed by atoms with Crippen LogP contribution in [-0.2, 0) is 20.7 Å². The number of aromatic nitrogens is 1. The van der Waals surface area contributed by atoms with Gasteiger partial charge >= 0.3 is 0 Å². The Kier molecular flexibility index (Phi) is 4.51. The Bertz CT molecular complexity index is 480. The summed E-state index contributed by atoms with van der Waals surface area (Å²) in [6, 6.07) is 5.92. The number of nitrogens with zero attached hydrogens (tertiary/aromatic N) is 2. The molecular weight excluding hydrogens is 268 g/mol. The minimum absolute atomic E-state index is 0.162. The molecular formula is C16H22N2O3. The molecule has 1 aromatic heterocycles. The van der Waals surface area contributed by atoms with Gasteiger partial charge in [0.1, 0.15) is 0 Å². The number of hydrogen-bond donors (Lipinski definition) is 0. The summed E-state index contributed by atoms with van der Waals surface area (Å²) in [6.07, 6.45) is 5.36. The Hall–Kier alpha value is -1.46. The van der Waals surface area contributed by atoms with Crippen LogP contribution < -0.4 is 0 Å². The van der Waals surface area contributed by atoms with Gasteiger partial charge in [0, 0.05) is 25.5 Å². The lowest BCUT2D eigenvalue weighted by atomic mass is 9.99. The molecule has 0 N–H and O–H groups in total. The number of likely N-dealkylation sites (tertiary alicyclic amines) is 1. The average molecular weight is 290 g/mol. The third-order valence-corrected chi connectivity index (χ3v) is 4.37. The summed E-state index contributed by atoms with van der Waals surface area (Å²) in [5.74, 6) is 0.162. The molecule has 0 bridgehead atoms. The second-order valence-electron chi connectivity index (χ2n) is 5.77. The minimum Gasteiger partial charge on any atom is -0.382 e. The van der Waals surface area contributed by atoms with Crippen LogP contribution in [-0.4, -0.2) is 54.3 Å². The summed E-state index contributed by atoms with van der Waals surface area (Å²) < 4.78 is 11.2. The van der Waals surface area contributed by atoms with Gasteiger partial charge in [-0.2, -0.15) is 0 Å². The van der Waals surface area contributed by atoms with Crippen LogP contribution in [0.4, 0.5) is 0 Å². The van der Waals surface area contributed by atoms with E-state index in [4.69, 9.17) is 9.47 Å². The molecule has 0 spiro atoms. The van der Waals surface area contributed by atoms with E-state index in [0.29, 0.717) is 13.0 Å². The van der Waals surface area contributed by atoms with E-state index in [1.807, 2.05) is 23.1 Å². The Morgan fingerprint density at radius 2 is 2.33 bits per heavy atom. The number of fused-ring (bicyclic) bond motifs is 1. The van der Waals surface area contributed by atoms with Gasteiger partial charge in [0.2, 0.25) is 5.91 Å².